The van der Waals surface area contributed by atoms with Crippen molar-refractivity contribution in [2.75, 3.05) is 36.5 Å². The van der Waals surface area contributed by atoms with E-state index in [0.717, 1.165) is 11.8 Å². The zero-order chi connectivity index (χ0) is 29.2. The molecule has 11 heteroatoms. The van der Waals surface area contributed by atoms with E-state index in [1.807, 2.05) is 12.1 Å². The fraction of sp³-hybridized carbons (Fsp3) is 0.194. The molecular formula is C31H25F4N5O2. The van der Waals surface area contributed by atoms with Crippen molar-refractivity contribution >= 4 is 28.0 Å². The molecule has 0 spiro atoms. The number of nitrogens with one attached hydrogen (secondary N) is 1. The Morgan fingerprint density at radius 3 is 2.45 bits per heavy atom. The summed E-state index contributed by atoms with van der Waals surface area (Å²) in [5.41, 5.74) is 4.52. The first-order valence-electron chi connectivity index (χ1n) is 13.2. The Morgan fingerprint density at radius 2 is 1.74 bits per heavy atom. The van der Waals surface area contributed by atoms with Gasteiger partial charge in [0.2, 0.25) is 0 Å². The van der Waals surface area contributed by atoms with Crippen LogP contribution >= 0.6 is 0 Å². The second kappa shape index (κ2) is 11.6. The lowest BCUT2D eigenvalue weighted by atomic mass is 10.0. The molecule has 1 saturated heterocycles. The van der Waals surface area contributed by atoms with Crippen molar-refractivity contribution < 1.29 is 27.0 Å². The van der Waals surface area contributed by atoms with Crippen LogP contribution in [0.5, 0.6) is 5.75 Å². The van der Waals surface area contributed by atoms with E-state index in [9.17, 15) is 13.2 Å². The minimum Gasteiger partial charge on any atom is -0.435 e. The van der Waals surface area contributed by atoms with Crippen LogP contribution in [0.1, 0.15) is 5.56 Å². The van der Waals surface area contributed by atoms with Crippen molar-refractivity contribution in [1.29, 1.82) is 0 Å². The van der Waals surface area contributed by atoms with E-state index in [1.165, 1.54) is 18.2 Å². The summed E-state index contributed by atoms with van der Waals surface area (Å²) in [6.07, 6.45) is 3.34. The van der Waals surface area contributed by atoms with Crippen molar-refractivity contribution in [3.63, 3.8) is 0 Å². The second-order valence-corrected chi connectivity index (χ2v) is 9.67. The van der Waals surface area contributed by atoms with Gasteiger partial charge in [-0.3, -0.25) is 9.97 Å². The summed E-state index contributed by atoms with van der Waals surface area (Å²) in [6, 6.07) is 15.3. The molecule has 0 unspecified atom stereocenters. The van der Waals surface area contributed by atoms with Gasteiger partial charge in [0.15, 0.2) is 0 Å². The molecule has 6 rings (SSSR count). The highest BCUT2D eigenvalue weighted by Gasteiger charge is 2.21. The van der Waals surface area contributed by atoms with E-state index in [-0.39, 0.29) is 16.7 Å². The molecule has 0 bridgehead atoms. The number of pyridine rings is 3. The van der Waals surface area contributed by atoms with E-state index >= 15 is 4.39 Å². The molecule has 5 aromatic rings. The molecule has 0 radical (unpaired) electrons. The van der Waals surface area contributed by atoms with E-state index in [1.54, 1.807) is 43.6 Å². The molecule has 7 nitrogen and oxygen atoms in total. The summed E-state index contributed by atoms with van der Waals surface area (Å²) in [5, 5.41) is 3.49. The summed E-state index contributed by atoms with van der Waals surface area (Å²) in [5.74, 6) is -1.52. The first kappa shape index (κ1) is 27.4. The number of anilines is 3. The molecule has 1 fully saturated rings. The number of morpholine rings is 1. The van der Waals surface area contributed by atoms with E-state index in [2.05, 4.69) is 24.9 Å². The predicted molar refractivity (Wildman–Crippen MR) is 152 cm³/mol. The molecule has 3 aromatic heterocycles. The molecule has 214 valence electrons. The largest absolute Gasteiger partial charge is 0.435 e. The third kappa shape index (κ3) is 5.55. The average molecular weight is 576 g/mol. The normalized spacial score (nSPS) is 13.5. The van der Waals surface area contributed by atoms with E-state index < -0.39 is 18.2 Å². The maximum absolute atomic E-state index is 15.4. The van der Waals surface area contributed by atoms with Gasteiger partial charge in [-0.1, -0.05) is 6.07 Å². The highest BCUT2D eigenvalue weighted by molar-refractivity contribution is 5.99. The van der Waals surface area contributed by atoms with Crippen molar-refractivity contribution in [3.8, 4) is 28.4 Å². The molecule has 42 heavy (non-hydrogen) atoms. The summed E-state index contributed by atoms with van der Waals surface area (Å²) in [7, 11) is 0. The van der Waals surface area contributed by atoms with Crippen LogP contribution in [0, 0.1) is 18.6 Å². The molecule has 2 aromatic carbocycles. The SMILES string of the molecule is Cc1c(-c2ccccn2)nc2cc(F)cc(F)c2c1Nc1cc(N2CCOCC2)cnc1-c1ccc(OC(F)F)cc1. The summed E-state index contributed by atoms with van der Waals surface area (Å²) >= 11 is 0. The lowest BCUT2D eigenvalue weighted by molar-refractivity contribution is -0.0498. The van der Waals surface area contributed by atoms with Gasteiger partial charge in [-0.15, -0.1) is 0 Å². The minimum absolute atomic E-state index is 0.00766. The third-order valence-corrected chi connectivity index (χ3v) is 7.02. The first-order valence-corrected chi connectivity index (χ1v) is 13.2. The second-order valence-electron chi connectivity index (χ2n) is 9.67. The third-order valence-electron chi connectivity index (χ3n) is 7.02. The van der Waals surface area contributed by atoms with Gasteiger partial charge in [0.05, 0.1) is 64.5 Å². The molecule has 0 aliphatic carbocycles. The van der Waals surface area contributed by atoms with Gasteiger partial charge in [-0.25, -0.2) is 13.8 Å². The number of rotatable bonds is 7. The van der Waals surface area contributed by atoms with E-state index in [0.29, 0.717) is 65.9 Å². The standard InChI is InChI=1S/C31H25F4N5O2/c1-18-28(24-4-2-3-9-36-24)38-25-15-20(32)14-23(33)27(25)29(18)39-26-16-21(40-10-12-41-13-11-40)17-37-30(26)19-5-7-22(8-6-19)42-31(34)35/h2-9,14-17,31H,10-13H2,1H3,(H,38,39). The number of hydrogen-bond acceptors (Lipinski definition) is 7. The quantitative estimate of drug-likeness (QED) is 0.207. The number of alkyl halides is 2. The molecule has 0 saturated carbocycles. The van der Waals surface area contributed by atoms with Crippen LogP contribution in [-0.2, 0) is 4.74 Å². The maximum Gasteiger partial charge on any atom is 0.387 e. The van der Waals surface area contributed by atoms with E-state index in [4.69, 9.17) is 9.72 Å². The molecular weight excluding hydrogens is 550 g/mol. The monoisotopic (exact) mass is 575 g/mol. The average Bonchev–Trinajstić information content (AvgIpc) is 2.99. The zero-order valence-corrected chi connectivity index (χ0v) is 22.5. The Labute approximate surface area is 238 Å². The number of hydrogen-bond donors (Lipinski definition) is 1. The number of benzene rings is 2. The van der Waals surface area contributed by atoms with Crippen LogP contribution in [0.4, 0.5) is 34.6 Å². The number of nitrogens with zero attached hydrogens (tertiary/aromatic N) is 4. The number of fused-ring (bicyclic) bond motifs is 1. The van der Waals surface area contributed by atoms with Crippen LogP contribution in [0.15, 0.2) is 73.1 Å². The van der Waals surface area contributed by atoms with Crippen LogP contribution in [0.25, 0.3) is 33.5 Å². The van der Waals surface area contributed by atoms with Crippen molar-refractivity contribution in [2.45, 2.75) is 13.5 Å². The van der Waals surface area contributed by atoms with Crippen molar-refractivity contribution in [1.82, 2.24) is 15.0 Å². The van der Waals surface area contributed by atoms with Gasteiger partial charge < -0.3 is 19.7 Å². The number of ether oxygens (including phenoxy) is 2. The molecule has 1 aliphatic rings. The minimum atomic E-state index is -2.95. The Kier molecular flexibility index (Phi) is 7.58. The summed E-state index contributed by atoms with van der Waals surface area (Å²) in [4.78, 5) is 15.8. The van der Waals surface area contributed by atoms with Crippen LogP contribution in [0.2, 0.25) is 0 Å². The van der Waals surface area contributed by atoms with Crippen LogP contribution in [0.3, 0.4) is 0 Å². The highest BCUT2D eigenvalue weighted by atomic mass is 19.3. The zero-order valence-electron chi connectivity index (χ0n) is 22.5. The van der Waals surface area contributed by atoms with Gasteiger partial charge in [0.1, 0.15) is 17.4 Å². The lowest BCUT2D eigenvalue weighted by Crippen LogP contribution is -2.36. The molecule has 1 N–H and O–H groups in total. The van der Waals surface area contributed by atoms with Gasteiger partial charge in [0, 0.05) is 42.5 Å². The van der Waals surface area contributed by atoms with Gasteiger partial charge >= 0.3 is 6.61 Å². The topological polar surface area (TPSA) is 72.4 Å². The maximum atomic E-state index is 15.4. The Bertz CT molecular complexity index is 1730. The van der Waals surface area contributed by atoms with Crippen molar-refractivity contribution in [3.05, 3.63) is 90.3 Å². The molecule has 1 aliphatic heterocycles. The smallest absolute Gasteiger partial charge is 0.387 e. The van der Waals surface area contributed by atoms with Crippen molar-refractivity contribution in [2.24, 2.45) is 0 Å². The van der Waals surface area contributed by atoms with Crippen LogP contribution < -0.4 is 15.0 Å². The highest BCUT2D eigenvalue weighted by Crippen LogP contribution is 2.39. The molecule has 0 amide bonds. The Balaban J connectivity index is 1.52. The predicted octanol–water partition coefficient (Wildman–Crippen LogP) is 7.13. The Hall–Kier alpha value is -4.77. The van der Waals surface area contributed by atoms with Gasteiger partial charge in [-0.2, -0.15) is 8.78 Å². The summed E-state index contributed by atoms with van der Waals surface area (Å²) < 4.78 is 65.2. The molecule has 4 heterocycles. The molecule has 0 atom stereocenters. The number of halogens is 4. The van der Waals surface area contributed by atoms with Crippen LogP contribution in [-0.4, -0.2) is 47.9 Å². The number of aromatic nitrogens is 3. The van der Waals surface area contributed by atoms with Gasteiger partial charge in [0.25, 0.3) is 0 Å². The lowest BCUT2D eigenvalue weighted by Gasteiger charge is -2.29. The Morgan fingerprint density at radius 1 is 0.952 bits per heavy atom. The summed E-state index contributed by atoms with van der Waals surface area (Å²) in [6.45, 7) is 1.29. The fourth-order valence-corrected chi connectivity index (χ4v) is 5.02. The van der Waals surface area contributed by atoms with Gasteiger partial charge in [-0.05, 0) is 49.4 Å². The first-order chi connectivity index (χ1) is 20.4. The fourth-order valence-electron chi connectivity index (χ4n) is 5.02.